The monoisotopic (exact) mass is 1430 g/mol. The number of carbonyl (C=O) groups is 3. The van der Waals surface area contributed by atoms with E-state index < -0.39 is 148 Å². The van der Waals surface area contributed by atoms with E-state index in [1.54, 1.807) is 0 Å². The van der Waals surface area contributed by atoms with E-state index in [1.165, 1.54) is 218 Å². The van der Waals surface area contributed by atoms with E-state index in [-0.39, 0.29) is 18.9 Å². The van der Waals surface area contributed by atoms with Gasteiger partial charge in [0, 0.05) is 19.8 Å². The molecular formula is C77H144N2O21. The number of hydrogen-bond donors (Lipinski definition) is 14. The van der Waals surface area contributed by atoms with Gasteiger partial charge in [0.05, 0.1) is 50.7 Å². The van der Waals surface area contributed by atoms with Crippen molar-refractivity contribution in [2.24, 2.45) is 0 Å². The van der Waals surface area contributed by atoms with Gasteiger partial charge in [-0.3, -0.25) is 9.59 Å². The van der Waals surface area contributed by atoms with E-state index in [0.717, 1.165) is 58.3 Å². The van der Waals surface area contributed by atoms with E-state index in [9.17, 15) is 75.7 Å². The van der Waals surface area contributed by atoms with Crippen molar-refractivity contribution in [3.8, 4) is 0 Å². The van der Waals surface area contributed by atoms with Crippen molar-refractivity contribution >= 4 is 17.8 Å². The molecule has 0 radical (unpaired) electrons. The molecule has 0 aromatic carbocycles. The van der Waals surface area contributed by atoms with Crippen LogP contribution in [0.5, 0.6) is 0 Å². The molecule has 18 unspecified atom stereocenters. The minimum atomic E-state index is -3.08. The second-order valence-corrected chi connectivity index (χ2v) is 29.3. The predicted octanol–water partition coefficient (Wildman–Crippen LogP) is 10.2. The Hall–Kier alpha value is -2.53. The van der Waals surface area contributed by atoms with Crippen LogP contribution >= 0.6 is 0 Å². The van der Waals surface area contributed by atoms with Crippen molar-refractivity contribution < 1.29 is 104 Å². The molecule has 100 heavy (non-hydrogen) atoms. The molecule has 18 atom stereocenters. The first kappa shape index (κ1) is 91.7. The highest BCUT2D eigenvalue weighted by molar-refractivity contribution is 5.77. The van der Waals surface area contributed by atoms with Crippen molar-refractivity contribution in [2.45, 2.75) is 432 Å². The van der Waals surface area contributed by atoms with E-state index in [4.69, 9.17) is 28.4 Å². The summed E-state index contributed by atoms with van der Waals surface area (Å²) in [5.41, 5.74) is 0. The maximum Gasteiger partial charge on any atom is 0.364 e. The average molecular weight is 1430 g/mol. The summed E-state index contributed by atoms with van der Waals surface area (Å²) >= 11 is 0. The maximum atomic E-state index is 13.5. The highest BCUT2D eigenvalue weighted by Gasteiger charge is 2.60. The first-order chi connectivity index (χ1) is 48.4. The van der Waals surface area contributed by atoms with Crippen molar-refractivity contribution in [1.29, 1.82) is 0 Å². The molecule has 3 heterocycles. The largest absolute Gasteiger partial charge is 0.477 e. The van der Waals surface area contributed by atoms with Gasteiger partial charge in [0.2, 0.25) is 11.8 Å². The molecule has 0 aromatic heterocycles. The number of allylic oxidation sites excluding steroid dienone is 2. The third-order valence-corrected chi connectivity index (χ3v) is 20.5. The minimum absolute atomic E-state index is 0.227. The molecule has 0 spiro atoms. The molecule has 0 aromatic rings. The normalized spacial score (nSPS) is 27.0. The average Bonchev–Trinajstić information content (AvgIpc) is 0.755. The summed E-state index contributed by atoms with van der Waals surface area (Å²) in [7, 11) is 0. The summed E-state index contributed by atoms with van der Waals surface area (Å²) in [5.74, 6) is -6.09. The standard InChI is InChI=1S/C77H144N2O21/c1-4-6-8-10-12-14-16-18-20-21-22-23-24-25-26-27-28-29-30-31-32-33-34-35-36-37-39-41-43-45-47-49-51-64(87)79-58(59(84)50-48-46-44-42-40-38-19-17-15-13-11-9-7-5-2)56-95-74-69(91)68(90)71(63(55-82)97-74)98-75-70(92)73(67(89)62(54-81)96-75)100-77(76(93)94)52-60(85)65(78-57(3)83)72(99-77)66(88)61(86)53-80/h25-26,58-63,65-75,80-82,84-86,88-92H,4-24,27-56H2,1-3H3,(H,78,83)(H,79,87)(H,93,94)/b26-25-. The molecule has 0 bridgehead atoms. The molecule has 3 saturated heterocycles. The Kier molecular flexibility index (Phi) is 52.0. The molecule has 0 saturated carbocycles. The number of aliphatic carboxylic acids is 1. The van der Waals surface area contributed by atoms with Crippen LogP contribution in [0.25, 0.3) is 0 Å². The van der Waals surface area contributed by atoms with Gasteiger partial charge >= 0.3 is 5.97 Å². The predicted molar refractivity (Wildman–Crippen MR) is 385 cm³/mol. The summed E-state index contributed by atoms with van der Waals surface area (Å²) in [4.78, 5) is 38.7. The van der Waals surface area contributed by atoms with Gasteiger partial charge in [0.1, 0.15) is 67.1 Å². The van der Waals surface area contributed by atoms with Gasteiger partial charge in [-0.15, -0.1) is 0 Å². The number of aliphatic hydroxyl groups excluding tert-OH is 11. The van der Waals surface area contributed by atoms with Gasteiger partial charge in [0.15, 0.2) is 12.6 Å². The van der Waals surface area contributed by atoms with Crippen molar-refractivity contribution in [3.63, 3.8) is 0 Å². The SMILES string of the molecule is CCCCCCCCCCCCCC/C=C\CCCCCCCCCCCCCCCCCCC(=O)NC(COC1OC(CO)C(OC2OC(CO)C(O)C(OC3(C(=O)O)CC(O)C(NC(C)=O)C(C(O)C(O)CO)O3)C2O)C(O)C1O)C(O)CCCCCCCCCCCCCCCC. The Morgan fingerprint density at radius 2 is 0.930 bits per heavy atom. The van der Waals surface area contributed by atoms with Crippen LogP contribution < -0.4 is 10.6 Å². The molecule has 3 fully saturated rings. The van der Waals surface area contributed by atoms with Crippen LogP contribution in [0.4, 0.5) is 0 Å². The second kappa shape index (κ2) is 56.8. The Bertz CT molecular complexity index is 2050. The lowest BCUT2D eigenvalue weighted by molar-refractivity contribution is -0.386. The number of carbonyl (C=O) groups excluding carboxylic acids is 2. The maximum absolute atomic E-state index is 13.5. The molecule has 0 aliphatic carbocycles. The third kappa shape index (κ3) is 37.1. The molecule has 23 nitrogen and oxygen atoms in total. The molecule has 3 aliphatic rings. The van der Waals surface area contributed by atoms with Gasteiger partial charge in [0.25, 0.3) is 5.79 Å². The lowest BCUT2D eigenvalue weighted by Crippen LogP contribution is -2.70. The highest BCUT2D eigenvalue weighted by Crippen LogP contribution is 2.39. The van der Waals surface area contributed by atoms with Crippen LogP contribution in [0.15, 0.2) is 12.2 Å². The topological polar surface area (TPSA) is 373 Å². The number of hydrogen-bond acceptors (Lipinski definition) is 20. The first-order valence-electron chi connectivity index (χ1n) is 40.0. The highest BCUT2D eigenvalue weighted by atomic mass is 16.8. The molecule has 588 valence electrons. The smallest absolute Gasteiger partial charge is 0.364 e. The number of rotatable bonds is 63. The number of ether oxygens (including phenoxy) is 6. The van der Waals surface area contributed by atoms with Crippen LogP contribution in [-0.4, -0.2) is 215 Å². The summed E-state index contributed by atoms with van der Waals surface area (Å²) < 4.78 is 34.9. The van der Waals surface area contributed by atoms with Gasteiger partial charge in [-0.1, -0.05) is 276 Å². The Balaban J connectivity index is 1.46. The molecule has 23 heteroatoms. The fraction of sp³-hybridized carbons (Fsp3) is 0.935. The molecule has 3 aliphatic heterocycles. The molecule has 14 N–H and O–H groups in total. The van der Waals surface area contributed by atoms with E-state index >= 15 is 0 Å². The van der Waals surface area contributed by atoms with Crippen molar-refractivity contribution in [2.75, 3.05) is 26.4 Å². The van der Waals surface area contributed by atoms with E-state index in [1.807, 2.05) is 0 Å². The lowest BCUT2D eigenvalue weighted by Gasteiger charge is -2.50. The Labute approximate surface area is 601 Å². The minimum Gasteiger partial charge on any atom is -0.477 e. The number of unbranched alkanes of at least 4 members (excludes halogenated alkanes) is 41. The molecular weight excluding hydrogens is 1290 g/mol. The van der Waals surface area contributed by atoms with Gasteiger partial charge in [-0.05, 0) is 38.5 Å². The van der Waals surface area contributed by atoms with Crippen molar-refractivity contribution in [1.82, 2.24) is 10.6 Å². The number of nitrogens with one attached hydrogen (secondary N) is 2. The van der Waals surface area contributed by atoms with Gasteiger partial charge in [-0.2, -0.15) is 0 Å². The number of carboxylic acids is 1. The van der Waals surface area contributed by atoms with E-state index in [0.29, 0.717) is 19.3 Å². The van der Waals surface area contributed by atoms with Crippen LogP contribution in [0.1, 0.15) is 323 Å². The summed E-state index contributed by atoms with van der Waals surface area (Å²) in [6.45, 7) is 2.24. The Morgan fingerprint density at radius 1 is 0.510 bits per heavy atom. The summed E-state index contributed by atoms with van der Waals surface area (Å²) in [6, 6.07) is -2.53. The lowest BCUT2D eigenvalue weighted by atomic mass is 9.88. The zero-order valence-corrected chi connectivity index (χ0v) is 62.1. The van der Waals surface area contributed by atoms with E-state index in [2.05, 4.69) is 36.6 Å². The molecule has 3 rings (SSSR count). The zero-order chi connectivity index (χ0) is 73.2. The van der Waals surface area contributed by atoms with Crippen LogP contribution in [-0.2, 0) is 42.8 Å². The number of aliphatic hydroxyl groups is 11. The van der Waals surface area contributed by atoms with Crippen molar-refractivity contribution in [3.05, 3.63) is 12.2 Å². The first-order valence-corrected chi connectivity index (χ1v) is 40.0. The fourth-order valence-corrected chi connectivity index (χ4v) is 14.1. The molecule has 2 amide bonds. The van der Waals surface area contributed by atoms with Crippen LogP contribution in [0, 0.1) is 0 Å². The summed E-state index contributed by atoms with van der Waals surface area (Å²) in [6.07, 6.45) is 30.9. The third-order valence-electron chi connectivity index (χ3n) is 20.5. The van der Waals surface area contributed by atoms with Crippen LogP contribution in [0.3, 0.4) is 0 Å². The quantitative estimate of drug-likeness (QED) is 0.0199. The zero-order valence-electron chi connectivity index (χ0n) is 62.1. The second-order valence-electron chi connectivity index (χ2n) is 29.3. The number of carboxylic acid groups (broad SMARTS) is 1. The van der Waals surface area contributed by atoms with Gasteiger partial charge in [-0.25, -0.2) is 4.79 Å². The Morgan fingerprint density at radius 3 is 1.35 bits per heavy atom. The fourth-order valence-electron chi connectivity index (χ4n) is 14.1. The van der Waals surface area contributed by atoms with Crippen LogP contribution in [0.2, 0.25) is 0 Å². The van der Waals surface area contributed by atoms with Gasteiger partial charge < -0.3 is 100 Å². The number of amides is 2. The summed E-state index contributed by atoms with van der Waals surface area (Å²) in [5, 5.41) is 136.